The number of anilines is 1. The van der Waals surface area contributed by atoms with E-state index in [9.17, 15) is 20.1 Å². The van der Waals surface area contributed by atoms with Gasteiger partial charge in [-0.1, -0.05) is 11.6 Å². The number of hydrogen-bond acceptors (Lipinski definition) is 7. The first kappa shape index (κ1) is 24.1. The molecule has 170 valence electrons. The third kappa shape index (κ3) is 5.64. The Labute approximate surface area is 199 Å². The zero-order chi connectivity index (χ0) is 24.0. The second-order valence-electron chi connectivity index (χ2n) is 7.10. The third-order valence-electron chi connectivity index (χ3n) is 4.86. The van der Waals surface area contributed by atoms with Crippen LogP contribution in [0, 0.1) is 22.7 Å². The first-order chi connectivity index (χ1) is 15.9. The number of ether oxygens (including phenoxy) is 2. The van der Waals surface area contributed by atoms with Gasteiger partial charge in [-0.15, -0.1) is 11.3 Å². The van der Waals surface area contributed by atoms with Gasteiger partial charge in [0.1, 0.15) is 22.7 Å². The minimum Gasteiger partial charge on any atom is -0.490 e. The number of nitrogens with one attached hydrogen (secondary N) is 1. The lowest BCUT2D eigenvalue weighted by atomic mass is 9.96. The van der Waals surface area contributed by atoms with E-state index in [4.69, 9.17) is 26.2 Å². The van der Waals surface area contributed by atoms with E-state index in [1.807, 2.05) is 6.07 Å². The van der Waals surface area contributed by atoms with E-state index in [-0.39, 0.29) is 28.7 Å². The highest BCUT2D eigenvalue weighted by Crippen LogP contribution is 2.39. The highest BCUT2D eigenvalue weighted by atomic mass is 35.5. The second-order valence-corrected chi connectivity index (χ2v) is 8.61. The average molecular weight is 486 g/mol. The maximum Gasteiger partial charge on any atom is 0.341 e. The Morgan fingerprint density at radius 2 is 2.03 bits per heavy atom. The van der Waals surface area contributed by atoms with Gasteiger partial charge in [0, 0.05) is 4.88 Å². The number of aliphatic carboxylic acids is 1. The van der Waals surface area contributed by atoms with Crippen LogP contribution in [0.3, 0.4) is 0 Å². The van der Waals surface area contributed by atoms with E-state index in [0.717, 1.165) is 36.1 Å². The van der Waals surface area contributed by atoms with E-state index in [2.05, 4.69) is 11.4 Å². The minimum atomic E-state index is -1.17. The van der Waals surface area contributed by atoms with Crippen molar-refractivity contribution in [1.29, 1.82) is 10.5 Å². The number of carboxylic acid groups (broad SMARTS) is 1. The molecule has 0 bridgehead atoms. The van der Waals surface area contributed by atoms with Crippen molar-refractivity contribution in [3.05, 3.63) is 44.3 Å². The van der Waals surface area contributed by atoms with E-state index >= 15 is 0 Å². The second kappa shape index (κ2) is 10.9. The number of benzene rings is 1. The summed E-state index contributed by atoms with van der Waals surface area (Å²) in [6.07, 6.45) is 5.07. The molecule has 0 saturated carbocycles. The smallest absolute Gasteiger partial charge is 0.341 e. The number of rotatable bonds is 8. The van der Waals surface area contributed by atoms with Crippen LogP contribution in [0.1, 0.15) is 41.3 Å². The van der Waals surface area contributed by atoms with Crippen LogP contribution in [0.2, 0.25) is 5.02 Å². The zero-order valence-corrected chi connectivity index (χ0v) is 19.3. The Morgan fingerprint density at radius 3 is 2.70 bits per heavy atom. The van der Waals surface area contributed by atoms with Crippen LogP contribution >= 0.6 is 22.9 Å². The summed E-state index contributed by atoms with van der Waals surface area (Å²) in [7, 11) is 0. The van der Waals surface area contributed by atoms with E-state index < -0.39 is 18.5 Å². The maximum atomic E-state index is 12.8. The van der Waals surface area contributed by atoms with Crippen molar-refractivity contribution in [2.75, 3.05) is 18.5 Å². The van der Waals surface area contributed by atoms with Crippen molar-refractivity contribution in [3.63, 3.8) is 0 Å². The monoisotopic (exact) mass is 485 g/mol. The number of amides is 1. The van der Waals surface area contributed by atoms with Crippen LogP contribution in [0.4, 0.5) is 5.00 Å². The summed E-state index contributed by atoms with van der Waals surface area (Å²) >= 11 is 7.62. The largest absolute Gasteiger partial charge is 0.490 e. The van der Waals surface area contributed by atoms with Crippen LogP contribution in [-0.4, -0.2) is 30.2 Å². The highest BCUT2D eigenvalue weighted by Gasteiger charge is 2.23. The van der Waals surface area contributed by atoms with Crippen molar-refractivity contribution in [3.8, 4) is 23.6 Å². The number of nitriles is 2. The van der Waals surface area contributed by atoms with Gasteiger partial charge in [-0.2, -0.15) is 10.5 Å². The minimum absolute atomic E-state index is 0.0591. The van der Waals surface area contributed by atoms with Crippen molar-refractivity contribution in [2.45, 2.75) is 32.6 Å². The normalized spacial score (nSPS) is 12.8. The Morgan fingerprint density at radius 1 is 1.27 bits per heavy atom. The number of aryl methyl sites for hydroxylation is 1. The fraction of sp³-hybridized carbons (Fsp3) is 0.304. The molecule has 0 unspecified atom stereocenters. The number of thiophene rings is 1. The van der Waals surface area contributed by atoms with Gasteiger partial charge in [0.2, 0.25) is 0 Å². The van der Waals surface area contributed by atoms with Gasteiger partial charge in [-0.3, -0.25) is 4.79 Å². The van der Waals surface area contributed by atoms with Gasteiger partial charge in [-0.05, 0) is 61.9 Å². The van der Waals surface area contributed by atoms with E-state index in [0.29, 0.717) is 16.1 Å². The number of carbonyl (C=O) groups is 2. The van der Waals surface area contributed by atoms with Crippen molar-refractivity contribution in [1.82, 2.24) is 0 Å². The Balaban J connectivity index is 1.89. The molecule has 0 radical (unpaired) electrons. The summed E-state index contributed by atoms with van der Waals surface area (Å²) in [6.45, 7) is 1.39. The van der Waals surface area contributed by atoms with Crippen molar-refractivity contribution < 1.29 is 24.2 Å². The first-order valence-electron chi connectivity index (χ1n) is 10.2. The predicted octanol–water partition coefficient (Wildman–Crippen LogP) is 4.56. The Kier molecular flexibility index (Phi) is 7.94. The molecular formula is C23H20ClN3O5S. The lowest BCUT2D eigenvalue weighted by Crippen LogP contribution is -2.13. The summed E-state index contributed by atoms with van der Waals surface area (Å²) in [4.78, 5) is 24.7. The molecule has 2 aromatic rings. The lowest BCUT2D eigenvalue weighted by molar-refractivity contribution is -0.139. The van der Waals surface area contributed by atoms with Gasteiger partial charge in [0.25, 0.3) is 5.91 Å². The first-order valence-corrected chi connectivity index (χ1v) is 11.4. The van der Waals surface area contributed by atoms with Crippen LogP contribution in [-0.2, 0) is 22.4 Å². The summed E-state index contributed by atoms with van der Waals surface area (Å²) in [5.74, 6) is -1.57. The molecule has 1 aromatic carbocycles. The lowest BCUT2D eigenvalue weighted by Gasteiger charge is -2.13. The molecule has 1 amide bonds. The molecule has 0 atom stereocenters. The predicted molar refractivity (Wildman–Crippen MR) is 124 cm³/mol. The van der Waals surface area contributed by atoms with Gasteiger partial charge >= 0.3 is 5.97 Å². The van der Waals surface area contributed by atoms with E-state index in [1.54, 1.807) is 6.92 Å². The summed E-state index contributed by atoms with van der Waals surface area (Å²) < 4.78 is 10.7. The van der Waals surface area contributed by atoms with Gasteiger partial charge in [0.15, 0.2) is 18.1 Å². The van der Waals surface area contributed by atoms with Crippen LogP contribution in [0.5, 0.6) is 11.5 Å². The fourth-order valence-corrected chi connectivity index (χ4v) is 4.97. The number of carbonyl (C=O) groups excluding carboxylic acids is 1. The van der Waals surface area contributed by atoms with Crippen LogP contribution < -0.4 is 14.8 Å². The van der Waals surface area contributed by atoms with Crippen LogP contribution in [0.15, 0.2) is 17.7 Å². The van der Waals surface area contributed by atoms with Gasteiger partial charge in [0.05, 0.1) is 17.2 Å². The molecular weight excluding hydrogens is 466 g/mol. The van der Waals surface area contributed by atoms with Gasteiger partial charge in [-0.25, -0.2) is 4.79 Å². The molecule has 3 rings (SSSR count). The van der Waals surface area contributed by atoms with Crippen LogP contribution in [0.25, 0.3) is 6.08 Å². The Bertz CT molecular complexity index is 1210. The molecule has 2 N–H and O–H groups in total. The van der Waals surface area contributed by atoms with Gasteiger partial charge < -0.3 is 19.9 Å². The molecule has 0 aliphatic heterocycles. The SMILES string of the molecule is CCOc1cc(/C=C(\C#N)C(=O)Nc2sc3c(c2C#N)CCCC3)cc(Cl)c1OCC(=O)O. The molecule has 8 nitrogen and oxygen atoms in total. The van der Waals surface area contributed by atoms with Crippen molar-refractivity contribution in [2.24, 2.45) is 0 Å². The quantitative estimate of drug-likeness (QED) is 0.413. The molecule has 0 spiro atoms. The number of nitrogens with zero attached hydrogens (tertiary/aromatic N) is 2. The zero-order valence-electron chi connectivity index (χ0n) is 17.7. The van der Waals surface area contributed by atoms with E-state index in [1.165, 1.54) is 29.5 Å². The molecule has 1 aromatic heterocycles. The number of hydrogen-bond donors (Lipinski definition) is 2. The molecule has 1 aliphatic rings. The number of carboxylic acids is 1. The molecule has 0 fully saturated rings. The number of fused-ring (bicyclic) bond motifs is 1. The molecule has 1 aliphatic carbocycles. The summed E-state index contributed by atoms with van der Waals surface area (Å²) in [5, 5.41) is 31.2. The number of halogens is 1. The van der Waals surface area contributed by atoms with Crippen molar-refractivity contribution >= 4 is 45.9 Å². The highest BCUT2D eigenvalue weighted by molar-refractivity contribution is 7.16. The topological polar surface area (TPSA) is 132 Å². The molecule has 10 heteroatoms. The average Bonchev–Trinajstić information content (AvgIpc) is 3.13. The third-order valence-corrected chi connectivity index (χ3v) is 6.35. The molecule has 1 heterocycles. The maximum absolute atomic E-state index is 12.8. The summed E-state index contributed by atoms with van der Waals surface area (Å²) in [5.41, 5.74) is 1.64. The molecule has 0 saturated heterocycles. The Hall–Kier alpha value is -3.53. The molecule has 33 heavy (non-hydrogen) atoms. The standard InChI is InChI=1S/C23H20ClN3O5S/c1-2-31-18-9-13(8-17(24)21(18)32-12-20(28)29)7-14(10-25)22(30)27-23-16(11-26)15-5-3-4-6-19(15)33-23/h7-9H,2-6,12H2,1H3,(H,27,30)(H,28,29)/b14-7+. The fourth-order valence-electron chi connectivity index (χ4n) is 3.47. The summed E-state index contributed by atoms with van der Waals surface area (Å²) in [6, 6.07) is 6.99.